The maximum Gasteiger partial charge on any atom is 0.337 e. The first-order chi connectivity index (χ1) is 17.2. The van der Waals surface area contributed by atoms with E-state index in [0.717, 1.165) is 0 Å². The topological polar surface area (TPSA) is 106 Å². The lowest BCUT2D eigenvalue weighted by molar-refractivity contribution is -0.129. The number of nitrogens with zero attached hydrogens (tertiary/aromatic N) is 2. The predicted molar refractivity (Wildman–Crippen MR) is 128 cm³/mol. The Hall–Kier alpha value is -4.40. The van der Waals surface area contributed by atoms with Gasteiger partial charge in [-0.15, -0.1) is 0 Å². The molecule has 9 heteroatoms. The minimum absolute atomic E-state index is 0.00926. The number of benzene rings is 2. The molecule has 0 unspecified atom stereocenters. The number of amides is 3. The fourth-order valence-corrected chi connectivity index (χ4v) is 4.12. The van der Waals surface area contributed by atoms with Gasteiger partial charge in [0.1, 0.15) is 0 Å². The number of pyridine rings is 1. The third-order valence-corrected chi connectivity index (χ3v) is 6.04. The quantitative estimate of drug-likeness (QED) is 0.402. The first kappa shape index (κ1) is 24.7. The third kappa shape index (κ3) is 4.47. The van der Waals surface area contributed by atoms with E-state index in [9.17, 15) is 19.2 Å². The van der Waals surface area contributed by atoms with E-state index in [-0.39, 0.29) is 22.3 Å². The molecule has 1 aromatic heterocycles. The summed E-state index contributed by atoms with van der Waals surface area (Å²) in [4.78, 5) is 56.7. The molecule has 3 amide bonds. The van der Waals surface area contributed by atoms with Crippen LogP contribution in [0.4, 0.5) is 4.39 Å². The molecule has 0 saturated heterocycles. The predicted octanol–water partition coefficient (Wildman–Crippen LogP) is 3.60. The summed E-state index contributed by atoms with van der Waals surface area (Å²) in [6.45, 7) is 3.37. The van der Waals surface area contributed by atoms with Crippen molar-refractivity contribution in [2.75, 3.05) is 7.11 Å². The third-order valence-electron chi connectivity index (χ3n) is 6.04. The summed E-state index contributed by atoms with van der Waals surface area (Å²) in [5, 5.41) is 2.75. The highest BCUT2D eigenvalue weighted by molar-refractivity contribution is 6.23. The van der Waals surface area contributed by atoms with Crippen LogP contribution in [0.25, 0.3) is 0 Å². The average Bonchev–Trinajstić information content (AvgIpc) is 3.14. The van der Waals surface area contributed by atoms with Crippen molar-refractivity contribution in [3.63, 3.8) is 0 Å². The molecule has 2 atom stereocenters. The molecule has 1 N–H and O–H groups in total. The molecule has 0 spiro atoms. The number of imide groups is 1. The van der Waals surface area contributed by atoms with Crippen LogP contribution in [-0.2, 0) is 15.1 Å². The zero-order valence-electron chi connectivity index (χ0n) is 19.9. The number of methoxy groups -OCH3 is 1. The monoisotopic (exact) mass is 489 g/mol. The highest BCUT2D eigenvalue weighted by Gasteiger charge is 2.47. The maximum absolute atomic E-state index is 16.1. The van der Waals surface area contributed by atoms with Crippen LogP contribution in [-0.4, -0.2) is 46.7 Å². The van der Waals surface area contributed by atoms with Crippen LogP contribution in [0.1, 0.15) is 62.4 Å². The molecule has 0 fully saturated rings. The van der Waals surface area contributed by atoms with E-state index >= 15 is 4.39 Å². The van der Waals surface area contributed by atoms with Gasteiger partial charge in [0.05, 0.1) is 35.0 Å². The lowest BCUT2D eigenvalue weighted by Gasteiger charge is -2.33. The van der Waals surface area contributed by atoms with Gasteiger partial charge in [-0.2, -0.15) is 0 Å². The number of esters is 1. The van der Waals surface area contributed by atoms with Crippen molar-refractivity contribution < 1.29 is 28.3 Å². The molecule has 36 heavy (non-hydrogen) atoms. The van der Waals surface area contributed by atoms with Crippen LogP contribution in [0.5, 0.6) is 0 Å². The van der Waals surface area contributed by atoms with Crippen LogP contribution in [0, 0.1) is 0 Å². The molecule has 0 aliphatic carbocycles. The van der Waals surface area contributed by atoms with Crippen molar-refractivity contribution in [3.05, 3.63) is 101 Å². The SMILES string of the molecule is COC(=O)c1ccc([C@H](F)[C@@H](C(=O)NC(C)(C)c2ccccn2)N2C(=O)c3ccccc3C2=O)cc1. The van der Waals surface area contributed by atoms with Crippen molar-refractivity contribution >= 4 is 23.7 Å². The molecular formula is C27H24FN3O5. The van der Waals surface area contributed by atoms with E-state index in [4.69, 9.17) is 0 Å². The largest absolute Gasteiger partial charge is 0.465 e. The molecular weight excluding hydrogens is 465 g/mol. The van der Waals surface area contributed by atoms with Crippen LogP contribution in [0.15, 0.2) is 72.9 Å². The normalized spacial score (nSPS) is 14.7. The van der Waals surface area contributed by atoms with Crippen molar-refractivity contribution in [2.24, 2.45) is 0 Å². The number of nitrogens with one attached hydrogen (secondary N) is 1. The molecule has 184 valence electrons. The van der Waals surface area contributed by atoms with Gasteiger partial charge in [-0.1, -0.05) is 30.3 Å². The standard InChI is InChI=1S/C27H24FN3O5/c1-27(2,20-10-6-7-15-29-20)30-23(32)22(21(28)16-11-13-17(14-12-16)26(35)36-3)31-24(33)18-8-4-5-9-19(18)25(31)34/h4-15,21-22H,1-3H3,(H,30,32)/t21-,22-/m0/s1. The van der Waals surface area contributed by atoms with E-state index in [1.807, 2.05) is 0 Å². The maximum atomic E-state index is 16.1. The summed E-state index contributed by atoms with van der Waals surface area (Å²) in [5.74, 6) is -3.01. The fraction of sp³-hybridized carbons (Fsp3) is 0.222. The van der Waals surface area contributed by atoms with E-state index in [1.54, 1.807) is 50.4 Å². The molecule has 3 aromatic rings. The molecule has 0 bridgehead atoms. The van der Waals surface area contributed by atoms with Crippen LogP contribution in [0.3, 0.4) is 0 Å². The molecule has 2 aromatic carbocycles. The smallest absolute Gasteiger partial charge is 0.337 e. The summed E-state index contributed by atoms with van der Waals surface area (Å²) < 4.78 is 20.8. The number of hydrogen-bond acceptors (Lipinski definition) is 6. The number of carbonyl (C=O) groups is 4. The van der Waals surface area contributed by atoms with E-state index in [1.165, 1.54) is 43.5 Å². The number of carbonyl (C=O) groups excluding carboxylic acids is 4. The summed E-state index contributed by atoms with van der Waals surface area (Å²) in [7, 11) is 1.22. The van der Waals surface area contributed by atoms with E-state index in [2.05, 4.69) is 15.0 Å². The summed E-state index contributed by atoms with van der Waals surface area (Å²) in [5.41, 5.74) is -0.141. The summed E-state index contributed by atoms with van der Waals surface area (Å²) in [6.07, 6.45) is -0.524. The van der Waals surface area contributed by atoms with Gasteiger partial charge in [0, 0.05) is 6.20 Å². The van der Waals surface area contributed by atoms with Gasteiger partial charge in [0.15, 0.2) is 12.2 Å². The zero-order chi connectivity index (χ0) is 26.0. The molecule has 1 aliphatic heterocycles. The zero-order valence-corrected chi connectivity index (χ0v) is 19.9. The van der Waals surface area contributed by atoms with Gasteiger partial charge < -0.3 is 10.1 Å². The van der Waals surface area contributed by atoms with Crippen molar-refractivity contribution in [3.8, 4) is 0 Å². The molecule has 0 saturated carbocycles. The van der Waals surface area contributed by atoms with Crippen molar-refractivity contribution in [1.82, 2.24) is 15.2 Å². The highest BCUT2D eigenvalue weighted by atomic mass is 19.1. The van der Waals surface area contributed by atoms with E-state index in [0.29, 0.717) is 10.6 Å². The Labute approximate surface area is 207 Å². The number of aromatic nitrogens is 1. The number of ether oxygens (including phenoxy) is 1. The van der Waals surface area contributed by atoms with Crippen LogP contribution >= 0.6 is 0 Å². The number of alkyl halides is 1. The van der Waals surface area contributed by atoms with Gasteiger partial charge in [0.25, 0.3) is 11.8 Å². The van der Waals surface area contributed by atoms with Gasteiger partial charge in [-0.3, -0.25) is 24.3 Å². The highest BCUT2D eigenvalue weighted by Crippen LogP contribution is 2.33. The Morgan fingerprint density at radius 2 is 1.53 bits per heavy atom. The molecule has 2 heterocycles. The fourth-order valence-electron chi connectivity index (χ4n) is 4.12. The van der Waals surface area contributed by atoms with Gasteiger partial charge >= 0.3 is 5.97 Å². The number of rotatable bonds is 7. The molecule has 4 rings (SSSR count). The lowest BCUT2D eigenvalue weighted by atomic mass is 9.96. The number of halogens is 1. The second kappa shape index (κ2) is 9.69. The Morgan fingerprint density at radius 1 is 0.944 bits per heavy atom. The minimum atomic E-state index is -2.08. The summed E-state index contributed by atoms with van der Waals surface area (Å²) >= 11 is 0. The Morgan fingerprint density at radius 3 is 2.06 bits per heavy atom. The van der Waals surface area contributed by atoms with Gasteiger partial charge in [0.2, 0.25) is 5.91 Å². The molecule has 8 nitrogen and oxygen atoms in total. The van der Waals surface area contributed by atoms with Gasteiger partial charge in [-0.05, 0) is 55.8 Å². The number of hydrogen-bond donors (Lipinski definition) is 1. The average molecular weight is 490 g/mol. The number of fused-ring (bicyclic) bond motifs is 1. The minimum Gasteiger partial charge on any atom is -0.465 e. The van der Waals surface area contributed by atoms with Crippen molar-refractivity contribution in [2.45, 2.75) is 31.6 Å². The second-order valence-corrected chi connectivity index (χ2v) is 8.82. The molecule has 1 aliphatic rings. The first-order valence-corrected chi connectivity index (χ1v) is 11.2. The van der Waals surface area contributed by atoms with Crippen molar-refractivity contribution in [1.29, 1.82) is 0 Å². The lowest BCUT2D eigenvalue weighted by Crippen LogP contribution is -2.55. The summed E-state index contributed by atoms with van der Waals surface area (Å²) in [6, 6.07) is 14.8. The Balaban J connectivity index is 1.72. The molecule has 0 radical (unpaired) electrons. The van der Waals surface area contributed by atoms with Gasteiger partial charge in [-0.25, -0.2) is 9.18 Å². The van der Waals surface area contributed by atoms with E-state index < -0.39 is 41.4 Å². The van der Waals surface area contributed by atoms with Crippen LogP contribution < -0.4 is 5.32 Å². The second-order valence-electron chi connectivity index (χ2n) is 8.82. The first-order valence-electron chi connectivity index (χ1n) is 11.2. The Kier molecular flexibility index (Phi) is 6.65. The Bertz CT molecular complexity index is 1290. The van der Waals surface area contributed by atoms with Crippen LogP contribution in [0.2, 0.25) is 0 Å².